The Bertz CT molecular complexity index is 1740. The van der Waals surface area contributed by atoms with Crippen molar-refractivity contribution in [2.45, 2.75) is 52.0 Å². The molecule has 0 atom stereocenters. The molecule has 3 aromatic heterocycles. The predicted octanol–water partition coefficient (Wildman–Crippen LogP) is 7.43. The van der Waals surface area contributed by atoms with Crippen LogP contribution in [0.1, 0.15) is 45.0 Å². The number of anilines is 3. The molecule has 10 heteroatoms. The van der Waals surface area contributed by atoms with Gasteiger partial charge < -0.3 is 10.6 Å². The van der Waals surface area contributed by atoms with Crippen LogP contribution in [0.5, 0.6) is 0 Å². The third-order valence-electron chi connectivity index (χ3n) is 7.53. The topological polar surface area (TPSA) is 110 Å². The first kappa shape index (κ1) is 28.7. The standard InChI is InChI=1S/C33H36N8OS/c1-21-9-10-23(18-34-21)41-31(17-29(40-41)33(2,3)4)39-32(42)38-27-12-11-26(24-7-5-6-8-25(24)27)28-19-36-30(20-35-28)37-22-13-15-43-16-14-22/h5-12,17-20,22H,13-16H2,1-4H3,(H,36,37)(H2,38,39,42). The van der Waals surface area contributed by atoms with Gasteiger partial charge in [-0.05, 0) is 54.9 Å². The monoisotopic (exact) mass is 592 g/mol. The van der Waals surface area contributed by atoms with Crippen LogP contribution in [0.2, 0.25) is 0 Å². The molecule has 2 aromatic carbocycles. The van der Waals surface area contributed by atoms with Crippen LogP contribution in [0.4, 0.5) is 22.1 Å². The molecular weight excluding hydrogens is 556 g/mol. The van der Waals surface area contributed by atoms with Crippen molar-refractivity contribution >= 4 is 45.9 Å². The van der Waals surface area contributed by atoms with E-state index < -0.39 is 0 Å². The van der Waals surface area contributed by atoms with Crippen molar-refractivity contribution in [1.82, 2.24) is 24.7 Å². The summed E-state index contributed by atoms with van der Waals surface area (Å²) in [6.07, 6.45) is 7.66. The van der Waals surface area contributed by atoms with Crippen LogP contribution in [-0.2, 0) is 5.41 Å². The van der Waals surface area contributed by atoms with E-state index in [1.54, 1.807) is 10.9 Å². The Balaban J connectivity index is 1.24. The lowest BCUT2D eigenvalue weighted by molar-refractivity contribution is 0.262. The number of urea groups is 1. The molecule has 1 aliphatic rings. The number of carbonyl (C=O) groups excluding carboxylic acids is 1. The van der Waals surface area contributed by atoms with Crippen molar-refractivity contribution in [3.05, 3.63) is 84.6 Å². The maximum Gasteiger partial charge on any atom is 0.324 e. The molecule has 220 valence electrons. The Hall–Kier alpha value is -4.44. The van der Waals surface area contributed by atoms with Crippen LogP contribution in [0, 0.1) is 6.92 Å². The van der Waals surface area contributed by atoms with E-state index in [4.69, 9.17) is 10.1 Å². The summed E-state index contributed by atoms with van der Waals surface area (Å²) in [6.45, 7) is 8.21. The van der Waals surface area contributed by atoms with Gasteiger partial charge in [0, 0.05) is 34.2 Å². The molecule has 4 heterocycles. The summed E-state index contributed by atoms with van der Waals surface area (Å²) >= 11 is 2.00. The second kappa shape index (κ2) is 12.0. The number of hydrogen-bond donors (Lipinski definition) is 3. The van der Waals surface area contributed by atoms with Crippen LogP contribution in [0.3, 0.4) is 0 Å². The normalized spacial score (nSPS) is 14.0. The van der Waals surface area contributed by atoms with Crippen molar-refractivity contribution in [3.8, 4) is 16.9 Å². The van der Waals surface area contributed by atoms with Gasteiger partial charge in [0.25, 0.3) is 0 Å². The van der Waals surface area contributed by atoms with Gasteiger partial charge in [-0.15, -0.1) is 0 Å². The van der Waals surface area contributed by atoms with Crippen LogP contribution in [-0.4, -0.2) is 48.3 Å². The van der Waals surface area contributed by atoms with Crippen LogP contribution >= 0.6 is 11.8 Å². The van der Waals surface area contributed by atoms with Gasteiger partial charge >= 0.3 is 6.03 Å². The number of aryl methyl sites for hydroxylation is 1. The molecule has 1 fully saturated rings. The molecule has 9 nitrogen and oxygen atoms in total. The van der Waals surface area contributed by atoms with Gasteiger partial charge in [0.05, 0.1) is 41.4 Å². The Morgan fingerprint density at radius 2 is 1.70 bits per heavy atom. The minimum Gasteiger partial charge on any atom is -0.366 e. The van der Waals surface area contributed by atoms with E-state index in [0.29, 0.717) is 17.5 Å². The summed E-state index contributed by atoms with van der Waals surface area (Å²) in [5.74, 6) is 3.72. The molecule has 0 saturated carbocycles. The van der Waals surface area contributed by atoms with Gasteiger partial charge in [-0.3, -0.25) is 15.3 Å². The second-order valence-corrected chi connectivity index (χ2v) is 13.1. The highest BCUT2D eigenvalue weighted by molar-refractivity contribution is 7.99. The predicted molar refractivity (Wildman–Crippen MR) is 176 cm³/mol. The number of nitrogens with zero attached hydrogens (tertiary/aromatic N) is 5. The molecule has 2 amide bonds. The van der Waals surface area contributed by atoms with Gasteiger partial charge in [-0.25, -0.2) is 14.5 Å². The van der Waals surface area contributed by atoms with Gasteiger partial charge in [0.1, 0.15) is 11.6 Å². The highest BCUT2D eigenvalue weighted by Crippen LogP contribution is 2.33. The molecule has 43 heavy (non-hydrogen) atoms. The van der Waals surface area contributed by atoms with E-state index in [1.165, 1.54) is 11.5 Å². The second-order valence-electron chi connectivity index (χ2n) is 11.8. The zero-order valence-electron chi connectivity index (χ0n) is 24.9. The number of rotatable bonds is 6. The lowest BCUT2D eigenvalue weighted by atomic mass is 9.92. The minimum atomic E-state index is -0.365. The average Bonchev–Trinajstić information content (AvgIpc) is 3.43. The van der Waals surface area contributed by atoms with E-state index in [0.717, 1.165) is 57.8 Å². The maximum absolute atomic E-state index is 13.4. The van der Waals surface area contributed by atoms with E-state index in [1.807, 2.05) is 85.7 Å². The summed E-state index contributed by atoms with van der Waals surface area (Å²) in [4.78, 5) is 27.2. The van der Waals surface area contributed by atoms with Crippen LogP contribution < -0.4 is 16.0 Å². The number of pyridine rings is 1. The first-order valence-corrected chi connectivity index (χ1v) is 15.7. The Morgan fingerprint density at radius 1 is 0.907 bits per heavy atom. The van der Waals surface area contributed by atoms with Crippen molar-refractivity contribution < 1.29 is 4.79 Å². The third-order valence-corrected chi connectivity index (χ3v) is 8.58. The van der Waals surface area contributed by atoms with Crippen molar-refractivity contribution in [2.24, 2.45) is 0 Å². The number of fused-ring (bicyclic) bond motifs is 1. The number of carbonyl (C=O) groups is 1. The SMILES string of the molecule is Cc1ccc(-n2nc(C(C)(C)C)cc2NC(=O)Nc2ccc(-c3cnc(NC4CCSCC4)cn3)c3ccccc23)cn1. The molecule has 5 aromatic rings. The number of nitrogens with one attached hydrogen (secondary N) is 3. The summed E-state index contributed by atoms with van der Waals surface area (Å²) in [5.41, 5.74) is 4.76. The molecule has 0 bridgehead atoms. The minimum absolute atomic E-state index is 0.200. The number of aromatic nitrogens is 5. The summed E-state index contributed by atoms with van der Waals surface area (Å²) in [5, 5.41) is 16.3. The highest BCUT2D eigenvalue weighted by atomic mass is 32.2. The number of hydrogen-bond acceptors (Lipinski definition) is 7. The van der Waals surface area contributed by atoms with Crippen molar-refractivity contribution in [2.75, 3.05) is 27.5 Å². The van der Waals surface area contributed by atoms with Gasteiger partial charge in [0.15, 0.2) is 0 Å². The fourth-order valence-electron chi connectivity index (χ4n) is 5.11. The fraction of sp³-hybridized carbons (Fsp3) is 0.303. The lowest BCUT2D eigenvalue weighted by Crippen LogP contribution is -2.25. The number of amides is 2. The molecular formula is C33H36N8OS. The smallest absolute Gasteiger partial charge is 0.324 e. The third kappa shape index (κ3) is 6.49. The van der Waals surface area contributed by atoms with Crippen LogP contribution in [0.15, 0.2) is 73.2 Å². The summed E-state index contributed by atoms with van der Waals surface area (Å²) in [7, 11) is 0. The molecule has 6 rings (SSSR count). The zero-order chi connectivity index (χ0) is 30.0. The molecule has 0 aliphatic carbocycles. The van der Waals surface area contributed by atoms with E-state index in [2.05, 4.69) is 46.7 Å². The Kier molecular flexibility index (Phi) is 8.03. The largest absolute Gasteiger partial charge is 0.366 e. The zero-order valence-corrected chi connectivity index (χ0v) is 25.7. The van der Waals surface area contributed by atoms with Gasteiger partial charge in [-0.1, -0.05) is 51.1 Å². The Labute approximate surface area is 255 Å². The molecule has 0 radical (unpaired) electrons. The summed E-state index contributed by atoms with van der Waals surface area (Å²) < 4.78 is 1.72. The first-order valence-electron chi connectivity index (χ1n) is 14.5. The highest BCUT2D eigenvalue weighted by Gasteiger charge is 2.22. The van der Waals surface area contributed by atoms with E-state index in [9.17, 15) is 4.79 Å². The first-order chi connectivity index (χ1) is 20.7. The molecule has 3 N–H and O–H groups in total. The maximum atomic E-state index is 13.4. The molecule has 0 spiro atoms. The lowest BCUT2D eigenvalue weighted by Gasteiger charge is -2.22. The van der Waals surface area contributed by atoms with Crippen molar-refractivity contribution in [1.29, 1.82) is 0 Å². The van der Waals surface area contributed by atoms with Gasteiger partial charge in [0.2, 0.25) is 0 Å². The van der Waals surface area contributed by atoms with Gasteiger partial charge in [-0.2, -0.15) is 16.9 Å². The summed E-state index contributed by atoms with van der Waals surface area (Å²) in [6, 6.07) is 17.7. The van der Waals surface area contributed by atoms with Crippen LogP contribution in [0.25, 0.3) is 27.7 Å². The molecule has 1 aliphatic heterocycles. The fourth-order valence-corrected chi connectivity index (χ4v) is 6.22. The Morgan fingerprint density at radius 3 is 2.40 bits per heavy atom. The van der Waals surface area contributed by atoms with E-state index >= 15 is 0 Å². The molecule has 0 unspecified atom stereocenters. The average molecular weight is 593 g/mol. The van der Waals surface area contributed by atoms with E-state index in [-0.39, 0.29) is 11.4 Å². The molecule has 1 saturated heterocycles. The number of thioether (sulfide) groups is 1. The van der Waals surface area contributed by atoms with Crippen molar-refractivity contribution in [3.63, 3.8) is 0 Å². The quantitative estimate of drug-likeness (QED) is 0.188. The number of benzene rings is 2.